The van der Waals surface area contributed by atoms with Gasteiger partial charge in [0.1, 0.15) is 5.75 Å². The van der Waals surface area contributed by atoms with Gasteiger partial charge in [0.05, 0.1) is 42.9 Å². The lowest BCUT2D eigenvalue weighted by Crippen LogP contribution is -2.32. The Balaban J connectivity index is 1.96. The molecule has 2 aromatic rings. The number of hydrogen-bond acceptors (Lipinski definition) is 4. The van der Waals surface area contributed by atoms with Crippen molar-refractivity contribution in [2.24, 2.45) is 5.92 Å². The van der Waals surface area contributed by atoms with Crippen LogP contribution in [0.25, 0.3) is 0 Å². The summed E-state index contributed by atoms with van der Waals surface area (Å²) in [5, 5.41) is 12.1. The minimum atomic E-state index is -0.490. The van der Waals surface area contributed by atoms with Gasteiger partial charge < -0.3 is 10.1 Å². The molecule has 3 atom stereocenters. The molecule has 28 heavy (non-hydrogen) atoms. The summed E-state index contributed by atoms with van der Waals surface area (Å²) in [6.07, 6.45) is 4.12. The van der Waals surface area contributed by atoms with Crippen LogP contribution in [0.2, 0.25) is 0 Å². The number of carbonyl (C=O) groups excluding carboxylic acids is 1. The Morgan fingerprint density at radius 2 is 1.96 bits per heavy atom. The molecule has 5 heteroatoms. The summed E-state index contributed by atoms with van der Waals surface area (Å²) in [5.41, 5.74) is 1.60. The topological polar surface area (TPSA) is 75.0 Å². The molecule has 148 valence electrons. The Labute approximate surface area is 167 Å². The third-order valence-corrected chi connectivity index (χ3v) is 4.69. The molecule has 0 aliphatic rings. The van der Waals surface area contributed by atoms with Gasteiger partial charge in [-0.3, -0.25) is 9.78 Å². The molecule has 1 aromatic heterocycles. The fraction of sp³-hybridized carbons (Fsp3) is 0.435. The van der Waals surface area contributed by atoms with Crippen LogP contribution >= 0.6 is 0 Å². The van der Waals surface area contributed by atoms with Crippen molar-refractivity contribution < 1.29 is 9.53 Å². The number of amides is 1. The quantitative estimate of drug-likeness (QED) is 0.645. The number of aromatic nitrogens is 1. The fourth-order valence-electron chi connectivity index (χ4n) is 3.07. The molecule has 1 amide bonds. The minimum absolute atomic E-state index is 0.138. The molecule has 1 aromatic carbocycles. The van der Waals surface area contributed by atoms with Crippen molar-refractivity contribution in [2.75, 3.05) is 6.61 Å². The average Bonchev–Trinajstić information content (AvgIpc) is 2.71. The van der Waals surface area contributed by atoms with Crippen LogP contribution in [0.15, 0.2) is 48.7 Å². The van der Waals surface area contributed by atoms with E-state index in [-0.39, 0.29) is 18.4 Å². The summed E-state index contributed by atoms with van der Waals surface area (Å²) in [4.78, 5) is 17.1. The smallest absolute Gasteiger partial charge is 0.229 e. The van der Waals surface area contributed by atoms with Crippen LogP contribution in [-0.2, 0) is 4.79 Å². The van der Waals surface area contributed by atoms with Crippen molar-refractivity contribution >= 4 is 5.91 Å². The summed E-state index contributed by atoms with van der Waals surface area (Å²) >= 11 is 0. The fourth-order valence-corrected chi connectivity index (χ4v) is 3.07. The van der Waals surface area contributed by atoms with Crippen LogP contribution < -0.4 is 10.1 Å². The number of benzene rings is 1. The Bertz CT molecular complexity index is 769. The minimum Gasteiger partial charge on any atom is -0.492 e. The molecule has 2 rings (SSSR count). The first-order valence-corrected chi connectivity index (χ1v) is 9.86. The van der Waals surface area contributed by atoms with Crippen molar-refractivity contribution in [3.63, 3.8) is 0 Å². The van der Waals surface area contributed by atoms with Crippen molar-refractivity contribution in [1.29, 1.82) is 5.26 Å². The molecule has 0 aliphatic carbocycles. The van der Waals surface area contributed by atoms with Gasteiger partial charge in [0.15, 0.2) is 0 Å². The van der Waals surface area contributed by atoms with Gasteiger partial charge in [0, 0.05) is 0 Å². The average molecular weight is 380 g/mol. The van der Waals surface area contributed by atoms with Gasteiger partial charge in [-0.2, -0.15) is 5.26 Å². The van der Waals surface area contributed by atoms with Gasteiger partial charge in [0.25, 0.3) is 0 Å². The SMILES string of the molecule is CCCC(C)COc1ccc([C@H](C)NC(=O)C(CC#N)c2ccccc2)nc1. The molecule has 0 fully saturated rings. The van der Waals surface area contributed by atoms with E-state index in [1.165, 1.54) is 0 Å². The van der Waals surface area contributed by atoms with E-state index in [4.69, 9.17) is 10.00 Å². The Morgan fingerprint density at radius 1 is 1.21 bits per heavy atom. The molecule has 0 aliphatic heterocycles. The summed E-state index contributed by atoms with van der Waals surface area (Å²) in [6.45, 7) is 6.90. The van der Waals surface area contributed by atoms with Gasteiger partial charge in [0.2, 0.25) is 5.91 Å². The zero-order valence-corrected chi connectivity index (χ0v) is 16.9. The maximum Gasteiger partial charge on any atom is 0.229 e. The highest BCUT2D eigenvalue weighted by molar-refractivity contribution is 5.84. The van der Waals surface area contributed by atoms with Crippen LogP contribution in [0.4, 0.5) is 0 Å². The second kappa shape index (κ2) is 11.1. The summed E-state index contributed by atoms with van der Waals surface area (Å²) in [5.74, 6) is 0.585. The van der Waals surface area contributed by atoms with Crippen LogP contribution in [0, 0.1) is 17.2 Å². The predicted octanol–water partition coefficient (Wildman–Crippen LogP) is 4.77. The predicted molar refractivity (Wildman–Crippen MR) is 110 cm³/mol. The maximum absolute atomic E-state index is 12.7. The van der Waals surface area contributed by atoms with Gasteiger partial charge in [-0.1, -0.05) is 50.6 Å². The zero-order chi connectivity index (χ0) is 20.4. The molecular weight excluding hydrogens is 350 g/mol. The van der Waals surface area contributed by atoms with E-state index >= 15 is 0 Å². The third kappa shape index (κ3) is 6.38. The molecule has 0 saturated heterocycles. The number of rotatable bonds is 10. The van der Waals surface area contributed by atoms with E-state index in [9.17, 15) is 4.79 Å². The number of nitrogens with zero attached hydrogens (tertiary/aromatic N) is 2. The molecule has 5 nitrogen and oxygen atoms in total. The van der Waals surface area contributed by atoms with E-state index < -0.39 is 5.92 Å². The monoisotopic (exact) mass is 379 g/mol. The van der Waals surface area contributed by atoms with Crippen molar-refractivity contribution in [2.45, 2.75) is 52.0 Å². The molecule has 2 unspecified atom stereocenters. The van der Waals surface area contributed by atoms with Crippen molar-refractivity contribution in [1.82, 2.24) is 10.3 Å². The lowest BCUT2D eigenvalue weighted by atomic mass is 9.95. The van der Waals surface area contributed by atoms with Gasteiger partial charge in [-0.05, 0) is 37.0 Å². The Kier molecular flexibility index (Phi) is 8.48. The number of ether oxygens (including phenoxy) is 1. The van der Waals surface area contributed by atoms with Gasteiger partial charge >= 0.3 is 0 Å². The standard InChI is InChI=1S/C23H29N3O2/c1-4-8-17(2)16-28-20-11-12-22(25-15-20)18(3)26-23(27)21(13-14-24)19-9-6-5-7-10-19/h5-7,9-12,15,17-18,21H,4,8,13,16H2,1-3H3,(H,26,27)/t17?,18-,21?/m0/s1. The second-order valence-corrected chi connectivity index (χ2v) is 7.18. The molecule has 0 bridgehead atoms. The number of carbonyl (C=O) groups is 1. The van der Waals surface area contributed by atoms with E-state index in [1.54, 1.807) is 6.20 Å². The normalized spacial score (nSPS) is 13.8. The highest BCUT2D eigenvalue weighted by atomic mass is 16.5. The molecule has 1 N–H and O–H groups in total. The Morgan fingerprint density at radius 3 is 2.57 bits per heavy atom. The van der Waals surface area contributed by atoms with E-state index in [0.717, 1.165) is 29.8 Å². The van der Waals surface area contributed by atoms with Crippen LogP contribution in [0.5, 0.6) is 5.75 Å². The number of pyridine rings is 1. The van der Waals surface area contributed by atoms with Crippen molar-refractivity contribution in [3.05, 3.63) is 59.9 Å². The molecular formula is C23H29N3O2. The first kappa shape index (κ1) is 21.4. The number of nitriles is 1. The summed E-state index contributed by atoms with van der Waals surface area (Å²) < 4.78 is 5.78. The van der Waals surface area contributed by atoms with Gasteiger partial charge in [-0.25, -0.2) is 0 Å². The zero-order valence-electron chi connectivity index (χ0n) is 16.9. The lowest BCUT2D eigenvalue weighted by molar-refractivity contribution is -0.123. The van der Waals surface area contributed by atoms with Crippen LogP contribution in [-0.4, -0.2) is 17.5 Å². The third-order valence-electron chi connectivity index (χ3n) is 4.69. The summed E-state index contributed by atoms with van der Waals surface area (Å²) in [7, 11) is 0. The Hall–Kier alpha value is -2.87. The van der Waals surface area contributed by atoms with Gasteiger partial charge in [-0.15, -0.1) is 0 Å². The van der Waals surface area contributed by atoms with Crippen LogP contribution in [0.3, 0.4) is 0 Å². The van der Waals surface area contributed by atoms with E-state index in [2.05, 4.69) is 30.2 Å². The largest absolute Gasteiger partial charge is 0.492 e. The number of hydrogen-bond donors (Lipinski definition) is 1. The lowest BCUT2D eigenvalue weighted by Gasteiger charge is -2.19. The second-order valence-electron chi connectivity index (χ2n) is 7.18. The summed E-state index contributed by atoms with van der Waals surface area (Å²) in [6, 6.07) is 15.0. The van der Waals surface area contributed by atoms with Crippen molar-refractivity contribution in [3.8, 4) is 11.8 Å². The first-order chi connectivity index (χ1) is 13.5. The highest BCUT2D eigenvalue weighted by Gasteiger charge is 2.22. The molecule has 0 spiro atoms. The van der Waals surface area contributed by atoms with E-state index in [1.807, 2.05) is 49.4 Å². The molecule has 0 saturated carbocycles. The highest BCUT2D eigenvalue weighted by Crippen LogP contribution is 2.22. The van der Waals surface area contributed by atoms with E-state index in [0.29, 0.717) is 12.5 Å². The maximum atomic E-state index is 12.7. The molecule has 1 heterocycles. The van der Waals surface area contributed by atoms with Crippen LogP contribution in [0.1, 0.15) is 63.3 Å². The first-order valence-electron chi connectivity index (χ1n) is 9.86. The number of nitrogens with one attached hydrogen (secondary N) is 1. The molecule has 0 radical (unpaired) electrons.